The number of hydrogen-bond acceptors (Lipinski definition) is 4. The number of halogens is 2. The van der Waals surface area contributed by atoms with Crippen LogP contribution in [0.25, 0.3) is 11.0 Å². The van der Waals surface area contributed by atoms with E-state index in [1.807, 2.05) is 22.9 Å². The fraction of sp³-hybridized carbons (Fsp3) is 0.167. The summed E-state index contributed by atoms with van der Waals surface area (Å²) in [6.07, 6.45) is 0. The van der Waals surface area contributed by atoms with Gasteiger partial charge in [-0.3, -0.25) is 4.79 Å². The average molecular weight is 394 g/mol. The number of para-hydroxylation sites is 1. The van der Waals surface area contributed by atoms with Crippen LogP contribution >= 0.6 is 0 Å². The van der Waals surface area contributed by atoms with Crippen molar-refractivity contribution in [3.05, 3.63) is 65.9 Å². The molecular formula is C18H16F2N2O4S. The zero-order chi connectivity index (χ0) is 19.6. The molecule has 6 nitrogen and oxygen atoms in total. The molecule has 1 aromatic heterocycles. The standard InChI is InChI=1S/C18H16F2N2O4S/c1-11(16-9-12-5-2-3-8-15(12)26-16)22-17(23)10-21-27(24,25)18-13(19)6-4-7-14(18)20/h2-9,11,21H,10H2,1H3,(H,22,23)/t11-/m0/s1. The van der Waals surface area contributed by atoms with E-state index in [9.17, 15) is 22.0 Å². The maximum atomic E-state index is 13.6. The van der Waals surface area contributed by atoms with Crippen LogP contribution in [-0.2, 0) is 14.8 Å². The Morgan fingerprint density at radius 1 is 1.11 bits per heavy atom. The Hall–Kier alpha value is -2.78. The molecule has 1 heterocycles. The molecule has 0 aliphatic heterocycles. The molecule has 3 rings (SSSR count). The highest BCUT2D eigenvalue weighted by atomic mass is 32.2. The molecule has 0 fully saturated rings. The Bertz CT molecular complexity index is 1040. The van der Waals surface area contributed by atoms with Crippen molar-refractivity contribution in [2.75, 3.05) is 6.54 Å². The highest BCUT2D eigenvalue weighted by Gasteiger charge is 2.24. The Kier molecular flexibility index (Phi) is 5.24. The summed E-state index contributed by atoms with van der Waals surface area (Å²) in [6, 6.07) is 11.2. The number of rotatable bonds is 6. The molecule has 0 saturated heterocycles. The minimum absolute atomic E-state index is 0.493. The van der Waals surface area contributed by atoms with Gasteiger partial charge < -0.3 is 9.73 Å². The summed E-state index contributed by atoms with van der Waals surface area (Å²) in [5.41, 5.74) is 0.657. The third-order valence-electron chi connectivity index (χ3n) is 3.86. The lowest BCUT2D eigenvalue weighted by molar-refractivity contribution is -0.120. The van der Waals surface area contributed by atoms with Gasteiger partial charge in [0.05, 0.1) is 12.6 Å². The van der Waals surface area contributed by atoms with Gasteiger partial charge in [0.2, 0.25) is 15.9 Å². The molecule has 0 saturated carbocycles. The van der Waals surface area contributed by atoms with Crippen molar-refractivity contribution in [1.29, 1.82) is 0 Å². The molecule has 0 bridgehead atoms. The lowest BCUT2D eigenvalue weighted by Crippen LogP contribution is -2.38. The van der Waals surface area contributed by atoms with Gasteiger partial charge in [-0.2, -0.15) is 0 Å². The Morgan fingerprint density at radius 2 is 1.78 bits per heavy atom. The first kappa shape index (κ1) is 19.0. The van der Waals surface area contributed by atoms with Crippen LogP contribution in [-0.4, -0.2) is 20.9 Å². The van der Waals surface area contributed by atoms with Gasteiger partial charge in [-0.05, 0) is 31.2 Å². The number of fused-ring (bicyclic) bond motifs is 1. The predicted octanol–water partition coefficient (Wildman–Crippen LogP) is 2.87. The zero-order valence-electron chi connectivity index (χ0n) is 14.2. The molecule has 142 valence electrons. The van der Waals surface area contributed by atoms with E-state index in [1.54, 1.807) is 19.1 Å². The number of furan rings is 1. The van der Waals surface area contributed by atoms with E-state index in [2.05, 4.69) is 5.32 Å². The van der Waals surface area contributed by atoms with Crippen LogP contribution in [0.1, 0.15) is 18.7 Å². The molecule has 0 aliphatic carbocycles. The SMILES string of the molecule is C[C@H](NC(=O)CNS(=O)(=O)c1c(F)cccc1F)c1cc2ccccc2o1. The molecule has 9 heteroatoms. The molecular weight excluding hydrogens is 378 g/mol. The predicted molar refractivity (Wildman–Crippen MR) is 94.3 cm³/mol. The van der Waals surface area contributed by atoms with Gasteiger partial charge in [0.15, 0.2) is 4.90 Å². The van der Waals surface area contributed by atoms with Crippen molar-refractivity contribution < 1.29 is 26.4 Å². The highest BCUT2D eigenvalue weighted by Crippen LogP contribution is 2.23. The van der Waals surface area contributed by atoms with Gasteiger partial charge in [0.1, 0.15) is 23.0 Å². The normalized spacial score (nSPS) is 12.9. The van der Waals surface area contributed by atoms with Crippen molar-refractivity contribution in [3.8, 4) is 0 Å². The van der Waals surface area contributed by atoms with Gasteiger partial charge in [-0.15, -0.1) is 0 Å². The average Bonchev–Trinajstić information content (AvgIpc) is 3.04. The van der Waals surface area contributed by atoms with Crippen molar-refractivity contribution >= 4 is 26.9 Å². The molecule has 2 N–H and O–H groups in total. The van der Waals surface area contributed by atoms with Gasteiger partial charge in [-0.1, -0.05) is 24.3 Å². The first-order valence-corrected chi connectivity index (χ1v) is 9.48. The maximum absolute atomic E-state index is 13.6. The number of sulfonamides is 1. The van der Waals surface area contributed by atoms with Crippen molar-refractivity contribution in [1.82, 2.24) is 10.0 Å². The van der Waals surface area contributed by atoms with E-state index >= 15 is 0 Å². The Morgan fingerprint density at radius 3 is 2.44 bits per heavy atom. The first-order chi connectivity index (χ1) is 12.8. The fourth-order valence-corrected chi connectivity index (χ4v) is 3.67. The third-order valence-corrected chi connectivity index (χ3v) is 5.31. The number of nitrogens with one attached hydrogen (secondary N) is 2. The molecule has 0 aliphatic rings. The molecule has 1 amide bonds. The van der Waals surface area contributed by atoms with E-state index < -0.39 is 45.0 Å². The van der Waals surface area contributed by atoms with Gasteiger partial charge in [-0.25, -0.2) is 21.9 Å². The second-order valence-electron chi connectivity index (χ2n) is 5.85. The second-order valence-corrected chi connectivity index (χ2v) is 7.55. The minimum Gasteiger partial charge on any atom is -0.459 e. The molecule has 0 unspecified atom stereocenters. The van der Waals surface area contributed by atoms with Crippen molar-refractivity contribution in [2.24, 2.45) is 0 Å². The monoisotopic (exact) mass is 394 g/mol. The summed E-state index contributed by atoms with van der Waals surface area (Å²) >= 11 is 0. The van der Waals surface area contributed by atoms with Crippen LogP contribution in [0.4, 0.5) is 8.78 Å². The summed E-state index contributed by atoms with van der Waals surface area (Å²) in [4.78, 5) is 10.9. The lowest BCUT2D eigenvalue weighted by atomic mass is 10.2. The quantitative estimate of drug-likeness (QED) is 0.673. The lowest BCUT2D eigenvalue weighted by Gasteiger charge is -2.12. The van der Waals surface area contributed by atoms with Gasteiger partial charge >= 0.3 is 0 Å². The summed E-state index contributed by atoms with van der Waals surface area (Å²) in [6.45, 7) is 0.987. The largest absolute Gasteiger partial charge is 0.459 e. The van der Waals surface area contributed by atoms with Crippen LogP contribution in [0.5, 0.6) is 0 Å². The summed E-state index contributed by atoms with van der Waals surface area (Å²) < 4.78 is 58.9. The van der Waals surface area contributed by atoms with E-state index in [-0.39, 0.29) is 0 Å². The van der Waals surface area contributed by atoms with Crippen LogP contribution in [0.15, 0.2) is 57.8 Å². The van der Waals surface area contributed by atoms with Crippen molar-refractivity contribution in [3.63, 3.8) is 0 Å². The zero-order valence-corrected chi connectivity index (χ0v) is 15.0. The molecule has 1 atom stereocenters. The molecule has 3 aromatic rings. The van der Waals surface area contributed by atoms with Gasteiger partial charge in [0.25, 0.3) is 0 Å². The molecule has 27 heavy (non-hydrogen) atoms. The van der Waals surface area contributed by atoms with Crippen LogP contribution in [0.2, 0.25) is 0 Å². The second kappa shape index (κ2) is 7.45. The summed E-state index contributed by atoms with van der Waals surface area (Å²) in [7, 11) is -4.52. The minimum atomic E-state index is -4.52. The Balaban J connectivity index is 1.65. The van der Waals surface area contributed by atoms with E-state index in [1.165, 1.54) is 0 Å². The van der Waals surface area contributed by atoms with E-state index in [0.717, 1.165) is 23.6 Å². The summed E-state index contributed by atoms with van der Waals surface area (Å²) in [5, 5.41) is 3.43. The maximum Gasteiger partial charge on any atom is 0.246 e. The number of carbonyl (C=O) groups is 1. The molecule has 0 spiro atoms. The number of carbonyl (C=O) groups excluding carboxylic acids is 1. The highest BCUT2D eigenvalue weighted by molar-refractivity contribution is 7.89. The number of hydrogen-bond donors (Lipinski definition) is 2. The first-order valence-electron chi connectivity index (χ1n) is 7.99. The van der Waals surface area contributed by atoms with Crippen molar-refractivity contribution in [2.45, 2.75) is 17.9 Å². The number of benzene rings is 2. The van der Waals surface area contributed by atoms with Gasteiger partial charge in [0, 0.05) is 5.39 Å². The topological polar surface area (TPSA) is 88.4 Å². The Labute approximate surface area is 154 Å². The third kappa shape index (κ3) is 4.15. The number of amides is 1. The smallest absolute Gasteiger partial charge is 0.246 e. The molecule has 0 radical (unpaired) electrons. The van der Waals surface area contributed by atoms with E-state index in [0.29, 0.717) is 11.3 Å². The summed E-state index contributed by atoms with van der Waals surface area (Å²) in [5.74, 6) is -2.66. The van der Waals surface area contributed by atoms with Crippen LogP contribution in [0.3, 0.4) is 0 Å². The van der Waals surface area contributed by atoms with E-state index in [4.69, 9.17) is 4.42 Å². The van der Waals surface area contributed by atoms with Crippen LogP contribution < -0.4 is 10.0 Å². The molecule has 2 aromatic carbocycles. The van der Waals surface area contributed by atoms with Crippen LogP contribution in [0, 0.1) is 11.6 Å². The fourth-order valence-electron chi connectivity index (χ4n) is 2.55.